The third-order valence-electron chi connectivity index (χ3n) is 3.06. The number of thioether (sulfide) groups is 1. The normalized spacial score (nSPS) is 11.2. The highest BCUT2D eigenvalue weighted by Crippen LogP contribution is 2.31. The third-order valence-corrected chi connectivity index (χ3v) is 5.10. The minimum Gasteiger partial charge on any atom is -0.365 e. The summed E-state index contributed by atoms with van der Waals surface area (Å²) in [6.45, 7) is 4.70. The molecule has 0 saturated heterocycles. The molecule has 20 heavy (non-hydrogen) atoms. The first-order valence-electron chi connectivity index (χ1n) is 6.09. The summed E-state index contributed by atoms with van der Waals surface area (Å²) in [5.74, 6) is 0.827. The smallest absolute Gasteiger partial charge is 0.176 e. The molecule has 0 amide bonds. The molecule has 0 bridgehead atoms. The van der Waals surface area contributed by atoms with E-state index in [2.05, 4.69) is 30.5 Å². The Bertz CT molecular complexity index is 728. The molecule has 2 N–H and O–H groups in total. The molecule has 0 atom stereocenters. The van der Waals surface area contributed by atoms with Crippen molar-refractivity contribution in [3.05, 3.63) is 23.3 Å². The lowest BCUT2D eigenvalue weighted by Gasteiger charge is -2.05. The van der Waals surface area contributed by atoms with Gasteiger partial charge in [-0.3, -0.25) is 5.10 Å². The number of hydrogen-bond donors (Lipinski definition) is 2. The molecule has 0 radical (unpaired) electrons. The van der Waals surface area contributed by atoms with Crippen LogP contribution in [-0.4, -0.2) is 31.4 Å². The molecule has 104 valence electrons. The number of anilines is 1. The number of aryl methyl sites for hydroxylation is 2. The van der Waals surface area contributed by atoms with Gasteiger partial charge in [-0.25, -0.2) is 15.0 Å². The Kier molecular flexibility index (Phi) is 3.58. The van der Waals surface area contributed by atoms with Gasteiger partial charge in [0.25, 0.3) is 0 Å². The van der Waals surface area contributed by atoms with E-state index in [0.717, 1.165) is 31.9 Å². The molecule has 0 spiro atoms. The summed E-state index contributed by atoms with van der Waals surface area (Å²) < 4.78 is 2.00. The molecule has 0 aromatic carbocycles. The van der Waals surface area contributed by atoms with E-state index in [1.807, 2.05) is 20.1 Å². The minimum absolute atomic E-state index is 0.687. The summed E-state index contributed by atoms with van der Waals surface area (Å²) in [5.41, 5.74) is 4.01. The van der Waals surface area contributed by atoms with Crippen molar-refractivity contribution >= 4 is 39.3 Å². The Labute approximate surface area is 124 Å². The molecule has 0 aliphatic carbocycles. The molecule has 3 aromatic heterocycles. The lowest BCUT2D eigenvalue weighted by molar-refractivity contribution is 1.02. The van der Waals surface area contributed by atoms with Crippen LogP contribution in [0, 0.1) is 13.8 Å². The van der Waals surface area contributed by atoms with Gasteiger partial charge in [0.1, 0.15) is 16.8 Å². The second-order valence-electron chi connectivity index (χ2n) is 4.33. The molecular weight excluding hydrogens is 292 g/mol. The van der Waals surface area contributed by atoms with Crippen molar-refractivity contribution < 1.29 is 0 Å². The van der Waals surface area contributed by atoms with E-state index in [9.17, 15) is 0 Å². The van der Waals surface area contributed by atoms with Crippen molar-refractivity contribution in [3.63, 3.8) is 0 Å². The van der Waals surface area contributed by atoms with Crippen LogP contribution in [0.5, 0.6) is 0 Å². The summed E-state index contributed by atoms with van der Waals surface area (Å²) in [6.07, 6.45) is 3.56. The molecule has 0 aliphatic rings. The first-order chi connectivity index (χ1) is 9.69. The van der Waals surface area contributed by atoms with Gasteiger partial charge < -0.3 is 5.32 Å². The van der Waals surface area contributed by atoms with Crippen LogP contribution in [0.1, 0.15) is 17.0 Å². The zero-order chi connectivity index (χ0) is 14.1. The highest BCUT2D eigenvalue weighted by molar-refractivity contribution is 8.00. The first-order valence-corrected chi connectivity index (χ1v) is 8.13. The Morgan fingerprint density at radius 2 is 2.20 bits per heavy atom. The van der Waals surface area contributed by atoms with Gasteiger partial charge in [0.2, 0.25) is 0 Å². The predicted molar refractivity (Wildman–Crippen MR) is 82.4 cm³/mol. The van der Waals surface area contributed by atoms with Crippen molar-refractivity contribution in [2.75, 3.05) is 11.6 Å². The number of hydrogen-bond acceptors (Lipinski definition) is 7. The van der Waals surface area contributed by atoms with E-state index in [1.165, 1.54) is 5.56 Å². The molecule has 3 rings (SSSR count). The average molecular weight is 306 g/mol. The molecule has 0 fully saturated rings. The number of nitrogens with zero attached hydrogens (tertiary/aromatic N) is 4. The maximum atomic E-state index is 4.44. The number of aromatic amines is 1. The number of rotatable bonds is 4. The molecule has 8 heteroatoms. The third kappa shape index (κ3) is 2.36. The van der Waals surface area contributed by atoms with Gasteiger partial charge in [0.15, 0.2) is 9.99 Å². The fraction of sp³-hybridized carbons (Fsp3) is 0.333. The van der Waals surface area contributed by atoms with E-state index in [-0.39, 0.29) is 0 Å². The monoisotopic (exact) mass is 306 g/mol. The number of thiazole rings is 1. The molecule has 3 heterocycles. The largest absolute Gasteiger partial charge is 0.365 e. The second kappa shape index (κ2) is 5.37. The topological polar surface area (TPSA) is 79.4 Å². The maximum absolute atomic E-state index is 4.44. The molecule has 3 aromatic rings. The van der Waals surface area contributed by atoms with E-state index >= 15 is 0 Å². The SMILES string of the molecule is CSc1nc2ncnc(NCc3c(C)n[nH]c3C)c2s1. The summed E-state index contributed by atoms with van der Waals surface area (Å²) in [4.78, 5) is 13.0. The standard InChI is InChI=1S/C12H14N6S2/c1-6-8(7(2)18-17-6)4-13-10-9-11(15-5-14-10)16-12(19-3)20-9/h5H,4H2,1-3H3,(H,17,18)(H,13,14,15). The summed E-state index contributed by atoms with van der Waals surface area (Å²) in [6, 6.07) is 0. The van der Waals surface area contributed by atoms with Gasteiger partial charge in [0, 0.05) is 17.8 Å². The highest BCUT2D eigenvalue weighted by atomic mass is 32.2. The minimum atomic E-state index is 0.687. The number of fused-ring (bicyclic) bond motifs is 1. The highest BCUT2D eigenvalue weighted by Gasteiger charge is 2.11. The average Bonchev–Trinajstić information content (AvgIpc) is 3.01. The molecule has 0 saturated carbocycles. The van der Waals surface area contributed by atoms with Gasteiger partial charge in [-0.1, -0.05) is 11.8 Å². The van der Waals surface area contributed by atoms with E-state index in [0.29, 0.717) is 6.54 Å². The molecule has 0 aliphatic heterocycles. The van der Waals surface area contributed by atoms with Crippen LogP contribution in [0.3, 0.4) is 0 Å². The molecular formula is C12H14N6S2. The van der Waals surface area contributed by atoms with Crippen molar-refractivity contribution in [2.45, 2.75) is 24.7 Å². The number of nitrogens with one attached hydrogen (secondary N) is 2. The van der Waals surface area contributed by atoms with Gasteiger partial charge >= 0.3 is 0 Å². The zero-order valence-corrected chi connectivity index (χ0v) is 13.0. The van der Waals surface area contributed by atoms with Crippen LogP contribution < -0.4 is 5.32 Å². The van der Waals surface area contributed by atoms with Crippen LogP contribution >= 0.6 is 23.1 Å². The molecule has 6 nitrogen and oxygen atoms in total. The Morgan fingerprint density at radius 3 is 2.90 bits per heavy atom. The quantitative estimate of drug-likeness (QED) is 0.722. The fourth-order valence-electron chi connectivity index (χ4n) is 1.95. The van der Waals surface area contributed by atoms with E-state index < -0.39 is 0 Å². The Balaban J connectivity index is 1.89. The number of aromatic nitrogens is 5. The second-order valence-corrected chi connectivity index (χ2v) is 6.38. The fourth-order valence-corrected chi connectivity index (χ4v) is 3.43. The van der Waals surface area contributed by atoms with Crippen LogP contribution in [-0.2, 0) is 6.54 Å². The van der Waals surface area contributed by atoms with Crippen molar-refractivity contribution in [1.82, 2.24) is 25.1 Å². The number of H-pyrrole nitrogens is 1. The van der Waals surface area contributed by atoms with Gasteiger partial charge in [-0.15, -0.1) is 11.3 Å². The van der Waals surface area contributed by atoms with E-state index in [1.54, 1.807) is 29.4 Å². The maximum Gasteiger partial charge on any atom is 0.176 e. The zero-order valence-electron chi connectivity index (χ0n) is 11.4. The summed E-state index contributed by atoms with van der Waals surface area (Å²) >= 11 is 3.23. The van der Waals surface area contributed by atoms with Crippen LogP contribution in [0.25, 0.3) is 10.3 Å². The van der Waals surface area contributed by atoms with E-state index in [4.69, 9.17) is 0 Å². The lowest BCUT2D eigenvalue weighted by Crippen LogP contribution is -2.03. The van der Waals surface area contributed by atoms with Gasteiger partial charge in [-0.05, 0) is 20.1 Å². The lowest BCUT2D eigenvalue weighted by atomic mass is 10.2. The van der Waals surface area contributed by atoms with Gasteiger partial charge in [-0.2, -0.15) is 5.10 Å². The first kappa shape index (κ1) is 13.3. The predicted octanol–water partition coefficient (Wildman–Crippen LogP) is 2.76. The van der Waals surface area contributed by atoms with Crippen LogP contribution in [0.2, 0.25) is 0 Å². The van der Waals surface area contributed by atoms with Crippen LogP contribution in [0.4, 0.5) is 5.82 Å². The van der Waals surface area contributed by atoms with Crippen LogP contribution in [0.15, 0.2) is 10.7 Å². The van der Waals surface area contributed by atoms with Crippen molar-refractivity contribution in [3.8, 4) is 0 Å². The van der Waals surface area contributed by atoms with Crippen molar-refractivity contribution in [1.29, 1.82) is 0 Å². The van der Waals surface area contributed by atoms with Gasteiger partial charge in [0.05, 0.1) is 5.69 Å². The summed E-state index contributed by atoms with van der Waals surface area (Å²) in [7, 11) is 0. The Morgan fingerprint density at radius 1 is 1.35 bits per heavy atom. The molecule has 0 unspecified atom stereocenters. The Hall–Kier alpha value is -1.67. The van der Waals surface area contributed by atoms with Crippen molar-refractivity contribution in [2.24, 2.45) is 0 Å². The summed E-state index contributed by atoms with van der Waals surface area (Å²) in [5, 5.41) is 10.5.